The highest BCUT2D eigenvalue weighted by Crippen LogP contribution is 2.35. The van der Waals surface area contributed by atoms with E-state index in [2.05, 4.69) is 15.3 Å². The lowest BCUT2D eigenvalue weighted by Gasteiger charge is -2.11. The van der Waals surface area contributed by atoms with Crippen molar-refractivity contribution in [3.63, 3.8) is 0 Å². The molecule has 0 aliphatic rings. The van der Waals surface area contributed by atoms with E-state index in [0.717, 1.165) is 16.6 Å². The molecule has 0 unspecified atom stereocenters. The molecular formula is C16H10Cl2F3N3OS. The summed E-state index contributed by atoms with van der Waals surface area (Å²) in [5, 5.41) is 2.95. The zero-order valence-electron chi connectivity index (χ0n) is 12.8. The number of anilines is 1. The van der Waals surface area contributed by atoms with Crippen molar-refractivity contribution < 1.29 is 17.9 Å². The fraction of sp³-hybridized carbons (Fsp3) is 0.125. The zero-order valence-corrected chi connectivity index (χ0v) is 15.2. The Labute approximate surface area is 160 Å². The van der Waals surface area contributed by atoms with Gasteiger partial charge in [0.05, 0.1) is 12.1 Å². The van der Waals surface area contributed by atoms with Gasteiger partial charge in [0.15, 0.2) is 4.47 Å². The van der Waals surface area contributed by atoms with Crippen molar-refractivity contribution in [1.29, 1.82) is 0 Å². The lowest BCUT2D eigenvalue weighted by atomic mass is 10.3. The molecule has 3 aromatic rings. The van der Waals surface area contributed by atoms with E-state index in [1.165, 1.54) is 11.3 Å². The Kier molecular flexibility index (Phi) is 5.55. The molecule has 0 aliphatic heterocycles. The van der Waals surface area contributed by atoms with Crippen molar-refractivity contribution in [2.45, 2.75) is 12.7 Å². The average molecular weight is 420 g/mol. The highest BCUT2D eigenvalue weighted by Gasteiger charge is 2.31. The maximum atomic E-state index is 12.6. The van der Waals surface area contributed by atoms with Gasteiger partial charge in [-0.25, -0.2) is 9.97 Å². The molecule has 0 saturated carbocycles. The minimum Gasteiger partial charge on any atom is -0.437 e. The summed E-state index contributed by atoms with van der Waals surface area (Å²) < 4.78 is 43.9. The summed E-state index contributed by atoms with van der Waals surface area (Å²) in [5.41, 5.74) is -0.191. The van der Waals surface area contributed by atoms with Gasteiger partial charge < -0.3 is 10.1 Å². The minimum absolute atomic E-state index is 0.106. The van der Waals surface area contributed by atoms with E-state index < -0.39 is 11.7 Å². The maximum Gasteiger partial charge on any atom is 0.417 e. The van der Waals surface area contributed by atoms with Gasteiger partial charge in [-0.2, -0.15) is 13.2 Å². The third-order valence-corrected chi connectivity index (χ3v) is 4.56. The van der Waals surface area contributed by atoms with Crippen molar-refractivity contribution in [3.05, 3.63) is 62.7 Å². The molecule has 10 heteroatoms. The number of hydrogen-bond donors (Lipinski definition) is 1. The first-order chi connectivity index (χ1) is 12.3. The molecule has 4 nitrogen and oxygen atoms in total. The van der Waals surface area contributed by atoms with Gasteiger partial charge in [0.25, 0.3) is 0 Å². The van der Waals surface area contributed by atoms with Gasteiger partial charge in [-0.3, -0.25) is 0 Å². The predicted molar refractivity (Wildman–Crippen MR) is 95.2 cm³/mol. The third kappa shape index (κ3) is 4.78. The molecule has 26 heavy (non-hydrogen) atoms. The lowest BCUT2D eigenvalue weighted by molar-refractivity contribution is -0.137. The van der Waals surface area contributed by atoms with Crippen LogP contribution in [0, 0.1) is 0 Å². The van der Waals surface area contributed by atoms with E-state index >= 15 is 0 Å². The molecule has 2 aromatic heterocycles. The van der Waals surface area contributed by atoms with Crippen LogP contribution in [-0.2, 0) is 12.7 Å². The van der Waals surface area contributed by atoms with Crippen LogP contribution in [0.25, 0.3) is 0 Å². The number of rotatable bonds is 5. The van der Waals surface area contributed by atoms with Crippen molar-refractivity contribution in [2.75, 3.05) is 5.32 Å². The molecule has 136 valence electrons. The summed E-state index contributed by atoms with van der Waals surface area (Å²) in [5.74, 6) is 0.276. The number of alkyl halides is 3. The summed E-state index contributed by atoms with van der Waals surface area (Å²) in [6.45, 7) is 0.521. The molecule has 0 bridgehead atoms. The molecular weight excluding hydrogens is 410 g/mol. The summed E-state index contributed by atoms with van der Waals surface area (Å²) in [7, 11) is 0. The van der Waals surface area contributed by atoms with Gasteiger partial charge in [0.1, 0.15) is 10.8 Å². The summed E-state index contributed by atoms with van der Waals surface area (Å²) >= 11 is 13.0. The van der Waals surface area contributed by atoms with Gasteiger partial charge in [-0.05, 0) is 18.2 Å². The monoisotopic (exact) mass is 419 g/mol. The smallest absolute Gasteiger partial charge is 0.417 e. The second-order valence-electron chi connectivity index (χ2n) is 5.07. The topological polar surface area (TPSA) is 47.0 Å². The molecule has 0 fully saturated rings. The minimum atomic E-state index is -4.52. The summed E-state index contributed by atoms with van der Waals surface area (Å²) in [6.07, 6.45) is -2.17. The van der Waals surface area contributed by atoms with Gasteiger partial charge in [0.2, 0.25) is 5.88 Å². The van der Waals surface area contributed by atoms with Crippen molar-refractivity contribution in [1.82, 2.24) is 9.97 Å². The number of hydrogen-bond acceptors (Lipinski definition) is 5. The number of thiazole rings is 1. The normalized spacial score (nSPS) is 11.4. The van der Waals surface area contributed by atoms with E-state index in [-0.39, 0.29) is 10.9 Å². The number of nitrogens with zero attached hydrogens (tertiary/aromatic N) is 2. The second kappa shape index (κ2) is 7.69. The Bertz CT molecular complexity index is 918. The molecule has 0 atom stereocenters. The highest BCUT2D eigenvalue weighted by molar-refractivity contribution is 7.15. The predicted octanol–water partition coefficient (Wildman–Crippen LogP) is 6.27. The first kappa shape index (κ1) is 18.8. The van der Waals surface area contributed by atoms with Gasteiger partial charge >= 0.3 is 6.18 Å². The fourth-order valence-corrected chi connectivity index (χ4v) is 3.11. The number of benzene rings is 1. The number of aromatic nitrogens is 2. The van der Waals surface area contributed by atoms with Crippen LogP contribution in [0.1, 0.15) is 10.4 Å². The molecule has 0 radical (unpaired) electrons. The van der Waals surface area contributed by atoms with E-state index in [9.17, 15) is 13.2 Å². The Morgan fingerprint density at radius 1 is 1.12 bits per heavy atom. The maximum absolute atomic E-state index is 12.6. The van der Waals surface area contributed by atoms with E-state index in [4.69, 9.17) is 27.9 Å². The van der Waals surface area contributed by atoms with Crippen molar-refractivity contribution >= 4 is 40.2 Å². The van der Waals surface area contributed by atoms with E-state index in [0.29, 0.717) is 23.0 Å². The van der Waals surface area contributed by atoms with Crippen LogP contribution in [-0.4, -0.2) is 9.97 Å². The van der Waals surface area contributed by atoms with E-state index in [1.807, 2.05) is 6.07 Å². The molecule has 3 rings (SSSR count). The molecule has 0 amide bonds. The molecule has 0 aliphatic carbocycles. The number of ether oxygens (including phenoxy) is 1. The Balaban J connectivity index is 1.70. The van der Waals surface area contributed by atoms with Crippen LogP contribution in [0.4, 0.5) is 18.9 Å². The fourth-order valence-electron chi connectivity index (χ4n) is 1.99. The lowest BCUT2D eigenvalue weighted by Crippen LogP contribution is -2.05. The van der Waals surface area contributed by atoms with Crippen LogP contribution in [0.15, 0.2) is 42.7 Å². The first-order valence-corrected chi connectivity index (χ1v) is 8.73. The number of pyridine rings is 1. The number of halogens is 5. The van der Waals surface area contributed by atoms with Crippen LogP contribution < -0.4 is 10.1 Å². The average Bonchev–Trinajstić information content (AvgIpc) is 3.00. The zero-order chi connectivity index (χ0) is 18.7. The molecule has 1 N–H and O–H groups in total. The van der Waals surface area contributed by atoms with Crippen molar-refractivity contribution in [3.8, 4) is 11.6 Å². The van der Waals surface area contributed by atoms with Crippen LogP contribution in [0.3, 0.4) is 0 Å². The van der Waals surface area contributed by atoms with Crippen LogP contribution >= 0.6 is 34.5 Å². The largest absolute Gasteiger partial charge is 0.437 e. The first-order valence-electron chi connectivity index (χ1n) is 7.16. The summed E-state index contributed by atoms with van der Waals surface area (Å²) in [4.78, 5) is 8.56. The number of nitrogens with one attached hydrogen (secondary N) is 1. The Morgan fingerprint density at radius 2 is 1.92 bits per heavy atom. The van der Waals surface area contributed by atoms with Gasteiger partial charge in [-0.15, -0.1) is 11.3 Å². The quantitative estimate of drug-likeness (QED) is 0.529. The molecule has 0 spiro atoms. The van der Waals surface area contributed by atoms with Crippen molar-refractivity contribution in [2.24, 2.45) is 0 Å². The SMILES string of the molecule is FC(F)(F)c1cnc(Oc2cccc(NCc3cnc(Cl)s3)c2)c(Cl)c1. The molecule has 1 aromatic carbocycles. The second-order valence-corrected chi connectivity index (χ2v) is 7.18. The standard InChI is InChI=1S/C16H10Cl2F3N3OS/c17-13-4-9(16(19,20)21)6-23-14(13)25-11-3-1-2-10(5-11)22-7-12-8-24-15(18)26-12/h1-6,8,22H,7H2. The highest BCUT2D eigenvalue weighted by atomic mass is 35.5. The third-order valence-electron chi connectivity index (χ3n) is 3.18. The molecule has 0 saturated heterocycles. The van der Waals surface area contributed by atoms with Crippen LogP contribution in [0.5, 0.6) is 11.6 Å². The van der Waals surface area contributed by atoms with Gasteiger partial charge in [-0.1, -0.05) is 29.3 Å². The Hall–Kier alpha value is -2.03. The Morgan fingerprint density at radius 3 is 2.58 bits per heavy atom. The molecule has 2 heterocycles. The van der Waals surface area contributed by atoms with Crippen LogP contribution in [0.2, 0.25) is 9.49 Å². The van der Waals surface area contributed by atoms with E-state index in [1.54, 1.807) is 24.4 Å². The van der Waals surface area contributed by atoms with Gasteiger partial charge in [0, 0.05) is 29.0 Å². The summed E-state index contributed by atoms with van der Waals surface area (Å²) in [6, 6.07) is 7.65.